The number of nitrogens with zero attached hydrogens (tertiary/aromatic N) is 1. The summed E-state index contributed by atoms with van der Waals surface area (Å²) < 4.78 is 0. The van der Waals surface area contributed by atoms with E-state index in [2.05, 4.69) is 31.0 Å². The van der Waals surface area contributed by atoms with Gasteiger partial charge in [-0.1, -0.05) is 20.8 Å². The molecule has 94 valence electrons. The highest BCUT2D eigenvalue weighted by Crippen LogP contribution is 2.38. The van der Waals surface area contributed by atoms with Crippen molar-refractivity contribution in [3.63, 3.8) is 0 Å². The molecule has 1 saturated heterocycles. The quantitative estimate of drug-likeness (QED) is 0.697. The van der Waals surface area contributed by atoms with Crippen molar-refractivity contribution in [2.24, 2.45) is 11.3 Å². The molecule has 0 aromatic heterocycles. The molecule has 0 amide bonds. The fraction of sp³-hybridized carbons (Fsp3) is 1.00. The molecule has 1 aliphatic carbocycles. The van der Waals surface area contributed by atoms with Crippen LogP contribution in [-0.4, -0.2) is 37.1 Å². The van der Waals surface area contributed by atoms with Crippen LogP contribution >= 0.6 is 0 Å². The van der Waals surface area contributed by atoms with Crippen molar-refractivity contribution in [3.05, 3.63) is 0 Å². The summed E-state index contributed by atoms with van der Waals surface area (Å²) in [6.07, 6.45) is 5.68. The molecule has 2 nitrogen and oxygen atoms in total. The van der Waals surface area contributed by atoms with Crippen LogP contribution in [0.5, 0.6) is 0 Å². The number of hydrogen-bond acceptors (Lipinski definition) is 2. The Morgan fingerprint density at radius 3 is 2.69 bits per heavy atom. The van der Waals surface area contributed by atoms with Crippen LogP contribution < -0.4 is 5.32 Å². The first-order chi connectivity index (χ1) is 7.61. The summed E-state index contributed by atoms with van der Waals surface area (Å²) in [6.45, 7) is 12.0. The fourth-order valence-electron chi connectivity index (χ4n) is 3.43. The van der Waals surface area contributed by atoms with E-state index in [1.807, 2.05) is 0 Å². The normalized spacial score (nSPS) is 30.2. The molecule has 2 heteroatoms. The number of piperidine rings is 1. The van der Waals surface area contributed by atoms with E-state index in [0.29, 0.717) is 5.41 Å². The van der Waals surface area contributed by atoms with E-state index in [0.717, 1.165) is 25.0 Å². The predicted octanol–water partition coefficient (Wildman–Crippen LogP) is 2.50. The minimum absolute atomic E-state index is 0.430. The predicted molar refractivity (Wildman–Crippen MR) is 69.6 cm³/mol. The Morgan fingerprint density at radius 1 is 1.31 bits per heavy atom. The van der Waals surface area contributed by atoms with E-state index in [-0.39, 0.29) is 0 Å². The lowest BCUT2D eigenvalue weighted by atomic mass is 9.91. The molecule has 1 aliphatic heterocycles. The van der Waals surface area contributed by atoms with Crippen LogP contribution in [0.4, 0.5) is 0 Å². The van der Waals surface area contributed by atoms with Gasteiger partial charge in [0.25, 0.3) is 0 Å². The van der Waals surface area contributed by atoms with Crippen LogP contribution in [0.1, 0.15) is 46.5 Å². The zero-order chi connectivity index (χ0) is 11.6. The van der Waals surface area contributed by atoms with Gasteiger partial charge in [-0.2, -0.15) is 0 Å². The SMILES string of the molecule is CCCNCC(C)(C)CN1CC2CCC1C2. The second-order valence-corrected chi connectivity index (χ2v) is 6.60. The van der Waals surface area contributed by atoms with E-state index in [1.54, 1.807) is 0 Å². The maximum atomic E-state index is 3.57. The monoisotopic (exact) mass is 224 g/mol. The lowest BCUT2D eigenvalue weighted by Crippen LogP contribution is -2.43. The molecule has 2 fully saturated rings. The van der Waals surface area contributed by atoms with E-state index >= 15 is 0 Å². The Morgan fingerprint density at radius 2 is 2.12 bits per heavy atom. The molecule has 2 rings (SSSR count). The number of fused-ring (bicyclic) bond motifs is 2. The van der Waals surface area contributed by atoms with Crippen LogP contribution in [0.3, 0.4) is 0 Å². The summed E-state index contributed by atoms with van der Waals surface area (Å²) in [5, 5.41) is 3.57. The molecule has 1 saturated carbocycles. The van der Waals surface area contributed by atoms with E-state index in [4.69, 9.17) is 0 Å². The lowest BCUT2D eigenvalue weighted by molar-refractivity contribution is 0.139. The first kappa shape index (κ1) is 12.4. The summed E-state index contributed by atoms with van der Waals surface area (Å²) >= 11 is 0. The summed E-state index contributed by atoms with van der Waals surface area (Å²) in [4.78, 5) is 2.75. The molecule has 0 spiro atoms. The maximum absolute atomic E-state index is 3.57. The highest BCUT2D eigenvalue weighted by molar-refractivity contribution is 4.94. The molecule has 1 heterocycles. The van der Waals surface area contributed by atoms with Gasteiger partial charge in [0, 0.05) is 25.7 Å². The van der Waals surface area contributed by atoms with Crippen LogP contribution in [0.25, 0.3) is 0 Å². The lowest BCUT2D eigenvalue weighted by Gasteiger charge is -2.35. The summed E-state index contributed by atoms with van der Waals surface area (Å²) in [7, 11) is 0. The first-order valence-corrected chi connectivity index (χ1v) is 7.05. The van der Waals surface area contributed by atoms with E-state index in [1.165, 1.54) is 38.8 Å². The van der Waals surface area contributed by atoms with Crippen LogP contribution in [0.15, 0.2) is 0 Å². The Labute approximate surface area is 101 Å². The molecule has 2 atom stereocenters. The van der Waals surface area contributed by atoms with Crippen LogP contribution in [0.2, 0.25) is 0 Å². The van der Waals surface area contributed by atoms with Gasteiger partial charge < -0.3 is 5.32 Å². The summed E-state index contributed by atoms with van der Waals surface area (Å²) in [5.74, 6) is 1.03. The first-order valence-electron chi connectivity index (χ1n) is 7.05. The standard InChI is InChI=1S/C14H28N2/c1-4-7-15-10-14(2,3)11-16-9-12-5-6-13(16)8-12/h12-13,15H,4-11H2,1-3H3. The Hall–Kier alpha value is -0.0800. The molecule has 2 bridgehead atoms. The second-order valence-electron chi connectivity index (χ2n) is 6.60. The van der Waals surface area contributed by atoms with Gasteiger partial charge >= 0.3 is 0 Å². The molecule has 0 radical (unpaired) electrons. The van der Waals surface area contributed by atoms with Gasteiger partial charge in [-0.3, -0.25) is 4.90 Å². The fourth-order valence-corrected chi connectivity index (χ4v) is 3.43. The third-order valence-corrected chi connectivity index (χ3v) is 4.18. The third-order valence-electron chi connectivity index (χ3n) is 4.18. The molecular weight excluding hydrogens is 196 g/mol. The van der Waals surface area contributed by atoms with Crippen molar-refractivity contribution in [1.29, 1.82) is 0 Å². The Bertz CT molecular complexity index is 225. The van der Waals surface area contributed by atoms with E-state index in [9.17, 15) is 0 Å². The largest absolute Gasteiger partial charge is 0.316 e. The number of likely N-dealkylation sites (tertiary alicyclic amines) is 1. The average molecular weight is 224 g/mol. The molecule has 0 aromatic carbocycles. The topological polar surface area (TPSA) is 15.3 Å². The van der Waals surface area contributed by atoms with Gasteiger partial charge in [-0.15, -0.1) is 0 Å². The number of nitrogens with one attached hydrogen (secondary N) is 1. The van der Waals surface area contributed by atoms with Crippen molar-refractivity contribution in [2.75, 3.05) is 26.2 Å². The second kappa shape index (κ2) is 5.05. The van der Waals surface area contributed by atoms with Gasteiger partial charge in [0.05, 0.1) is 0 Å². The zero-order valence-corrected chi connectivity index (χ0v) is 11.3. The highest BCUT2D eigenvalue weighted by Gasteiger charge is 2.39. The maximum Gasteiger partial charge on any atom is 0.00988 e. The van der Waals surface area contributed by atoms with Crippen molar-refractivity contribution < 1.29 is 0 Å². The molecule has 16 heavy (non-hydrogen) atoms. The highest BCUT2D eigenvalue weighted by atomic mass is 15.2. The van der Waals surface area contributed by atoms with E-state index < -0.39 is 0 Å². The Balaban J connectivity index is 1.75. The summed E-state index contributed by atoms with van der Waals surface area (Å²) in [5.41, 5.74) is 0.430. The van der Waals surface area contributed by atoms with Gasteiger partial charge in [-0.25, -0.2) is 0 Å². The summed E-state index contributed by atoms with van der Waals surface area (Å²) in [6, 6.07) is 0.926. The van der Waals surface area contributed by atoms with Crippen molar-refractivity contribution in [2.45, 2.75) is 52.5 Å². The minimum atomic E-state index is 0.430. The molecule has 0 aromatic rings. The smallest absolute Gasteiger partial charge is 0.00988 e. The minimum Gasteiger partial charge on any atom is -0.316 e. The van der Waals surface area contributed by atoms with Crippen molar-refractivity contribution in [1.82, 2.24) is 10.2 Å². The Kier molecular flexibility index (Phi) is 3.91. The van der Waals surface area contributed by atoms with Gasteiger partial charge in [-0.05, 0) is 43.6 Å². The number of hydrogen-bond donors (Lipinski definition) is 1. The molecule has 1 N–H and O–H groups in total. The van der Waals surface area contributed by atoms with Crippen LogP contribution in [-0.2, 0) is 0 Å². The average Bonchev–Trinajstić information content (AvgIpc) is 2.78. The molecule has 2 unspecified atom stereocenters. The molecular formula is C14H28N2. The van der Waals surface area contributed by atoms with Gasteiger partial charge in [0.1, 0.15) is 0 Å². The van der Waals surface area contributed by atoms with Crippen molar-refractivity contribution in [3.8, 4) is 0 Å². The van der Waals surface area contributed by atoms with Gasteiger partial charge in [0.15, 0.2) is 0 Å². The molecule has 2 aliphatic rings. The zero-order valence-electron chi connectivity index (χ0n) is 11.3. The number of rotatable bonds is 6. The van der Waals surface area contributed by atoms with Gasteiger partial charge in [0.2, 0.25) is 0 Å². The third kappa shape index (κ3) is 2.98. The van der Waals surface area contributed by atoms with Crippen LogP contribution in [0, 0.1) is 11.3 Å². The van der Waals surface area contributed by atoms with Crippen molar-refractivity contribution >= 4 is 0 Å².